The van der Waals surface area contributed by atoms with Crippen molar-refractivity contribution < 1.29 is 27.8 Å². The van der Waals surface area contributed by atoms with Gasteiger partial charge in [0, 0.05) is 23.5 Å². The van der Waals surface area contributed by atoms with E-state index < -0.39 is 12.4 Å². The number of rotatable bonds is 9. The summed E-state index contributed by atoms with van der Waals surface area (Å²) < 4.78 is 42.0. The Kier molecular flexibility index (Phi) is 7.37. The fourth-order valence-electron chi connectivity index (χ4n) is 3.09. The van der Waals surface area contributed by atoms with Crippen LogP contribution in [0.2, 0.25) is 0 Å². The number of aryl methyl sites for hydroxylation is 1. The number of carbonyl (C=O) groups is 1. The predicted octanol–water partition coefficient (Wildman–Crippen LogP) is 4.70. The zero-order chi connectivity index (χ0) is 22.4. The molecule has 0 aliphatic carbocycles. The Hall–Kier alpha value is -3.60. The minimum Gasteiger partial charge on any atom is -0.493 e. The molecule has 0 bridgehead atoms. The standard InChI is InChI=1S/C22H22F2N2O4/c1-6-7-26-13(2)8-17(14(26)3)20(27)16(12-25)9-15-10-18(28-4)21(30-22(23)24)19(11-15)29-5/h6,8-11,22H,1,7H2,2-5H3/b16-9+. The van der Waals surface area contributed by atoms with Gasteiger partial charge in [-0.15, -0.1) is 6.58 Å². The number of ether oxygens (including phenoxy) is 3. The van der Waals surface area contributed by atoms with Crippen molar-refractivity contribution in [2.45, 2.75) is 27.0 Å². The van der Waals surface area contributed by atoms with Crippen LogP contribution >= 0.6 is 0 Å². The number of methoxy groups -OCH3 is 2. The molecule has 30 heavy (non-hydrogen) atoms. The number of benzene rings is 1. The largest absolute Gasteiger partial charge is 0.493 e. The molecular formula is C22H22F2N2O4. The summed E-state index contributed by atoms with van der Waals surface area (Å²) in [6.45, 7) is 4.83. The van der Waals surface area contributed by atoms with Crippen LogP contribution in [0.1, 0.15) is 27.3 Å². The van der Waals surface area contributed by atoms with Crippen LogP contribution < -0.4 is 14.2 Å². The molecule has 1 aromatic heterocycles. The number of hydrogen-bond acceptors (Lipinski definition) is 5. The van der Waals surface area contributed by atoms with E-state index in [2.05, 4.69) is 11.3 Å². The van der Waals surface area contributed by atoms with Gasteiger partial charge in [-0.05, 0) is 43.7 Å². The molecule has 0 atom stereocenters. The molecule has 0 saturated carbocycles. The van der Waals surface area contributed by atoms with Crippen LogP contribution in [0.25, 0.3) is 6.08 Å². The molecule has 0 N–H and O–H groups in total. The third-order valence-electron chi connectivity index (χ3n) is 4.50. The summed E-state index contributed by atoms with van der Waals surface area (Å²) in [7, 11) is 2.57. The highest BCUT2D eigenvalue weighted by Crippen LogP contribution is 2.40. The Morgan fingerprint density at radius 3 is 2.30 bits per heavy atom. The molecule has 1 heterocycles. The van der Waals surface area contributed by atoms with Crippen LogP contribution in [0.15, 0.2) is 36.4 Å². The van der Waals surface area contributed by atoms with Crippen LogP contribution in [-0.4, -0.2) is 31.2 Å². The summed E-state index contributed by atoms with van der Waals surface area (Å²) in [4.78, 5) is 13.0. The second-order valence-corrected chi connectivity index (χ2v) is 6.32. The lowest BCUT2D eigenvalue weighted by atomic mass is 10.0. The molecule has 8 heteroatoms. The number of ketones is 1. The van der Waals surface area contributed by atoms with E-state index in [0.29, 0.717) is 17.7 Å². The quantitative estimate of drug-likeness (QED) is 0.256. The van der Waals surface area contributed by atoms with Crippen LogP contribution in [-0.2, 0) is 6.54 Å². The van der Waals surface area contributed by atoms with Crippen molar-refractivity contribution in [3.05, 3.63) is 58.9 Å². The monoisotopic (exact) mass is 416 g/mol. The van der Waals surface area contributed by atoms with Gasteiger partial charge in [-0.2, -0.15) is 14.0 Å². The smallest absolute Gasteiger partial charge is 0.387 e. The Balaban J connectivity index is 2.52. The molecule has 0 amide bonds. The average molecular weight is 416 g/mol. The average Bonchev–Trinajstić information content (AvgIpc) is 3.00. The first-order valence-corrected chi connectivity index (χ1v) is 8.92. The lowest BCUT2D eigenvalue weighted by Gasteiger charge is -2.14. The summed E-state index contributed by atoms with van der Waals surface area (Å²) in [5, 5.41) is 9.57. The van der Waals surface area contributed by atoms with Crippen molar-refractivity contribution in [2.75, 3.05) is 14.2 Å². The molecule has 1 aromatic carbocycles. The van der Waals surface area contributed by atoms with Gasteiger partial charge < -0.3 is 18.8 Å². The summed E-state index contributed by atoms with van der Waals surface area (Å²) in [6, 6.07) is 6.38. The van der Waals surface area contributed by atoms with E-state index >= 15 is 0 Å². The minimum atomic E-state index is -3.07. The van der Waals surface area contributed by atoms with E-state index in [1.54, 1.807) is 19.1 Å². The summed E-state index contributed by atoms with van der Waals surface area (Å²) in [5.41, 5.74) is 2.22. The third kappa shape index (κ3) is 4.69. The Labute approximate surface area is 173 Å². The molecule has 158 valence electrons. The molecule has 0 aliphatic rings. The maximum Gasteiger partial charge on any atom is 0.387 e. The molecule has 6 nitrogen and oxygen atoms in total. The molecule has 0 spiro atoms. The van der Waals surface area contributed by atoms with E-state index in [1.165, 1.54) is 32.4 Å². The van der Waals surface area contributed by atoms with Gasteiger partial charge in [0.1, 0.15) is 11.6 Å². The number of hydrogen-bond donors (Lipinski definition) is 0. The summed E-state index contributed by atoms with van der Waals surface area (Å²) in [6.07, 6.45) is 3.07. The number of Topliss-reactive ketones (excluding diaryl/α,β-unsaturated/α-hetero) is 1. The van der Waals surface area contributed by atoms with Gasteiger partial charge in [-0.25, -0.2) is 0 Å². The number of nitriles is 1. The highest BCUT2D eigenvalue weighted by molar-refractivity contribution is 6.14. The van der Waals surface area contributed by atoms with E-state index in [9.17, 15) is 18.8 Å². The summed E-state index contributed by atoms with van der Waals surface area (Å²) in [5.74, 6) is -0.763. The molecular weight excluding hydrogens is 394 g/mol. The highest BCUT2D eigenvalue weighted by Gasteiger charge is 2.21. The van der Waals surface area contributed by atoms with Crippen molar-refractivity contribution in [3.63, 3.8) is 0 Å². The fourth-order valence-corrected chi connectivity index (χ4v) is 3.09. The number of nitrogens with zero attached hydrogens (tertiary/aromatic N) is 2. The van der Waals surface area contributed by atoms with Gasteiger partial charge >= 0.3 is 6.61 Å². The topological polar surface area (TPSA) is 73.5 Å². The lowest BCUT2D eigenvalue weighted by Crippen LogP contribution is -2.06. The number of halogens is 2. The van der Waals surface area contributed by atoms with E-state index in [0.717, 1.165) is 11.4 Å². The highest BCUT2D eigenvalue weighted by atomic mass is 19.3. The van der Waals surface area contributed by atoms with Gasteiger partial charge in [-0.3, -0.25) is 4.79 Å². The molecule has 2 rings (SSSR count). The predicted molar refractivity (Wildman–Crippen MR) is 108 cm³/mol. The molecule has 0 radical (unpaired) electrons. The van der Waals surface area contributed by atoms with Gasteiger partial charge in [-0.1, -0.05) is 6.08 Å². The van der Waals surface area contributed by atoms with Crippen molar-refractivity contribution in [2.24, 2.45) is 0 Å². The number of allylic oxidation sites excluding steroid dienone is 2. The maximum atomic E-state index is 13.0. The van der Waals surface area contributed by atoms with Crippen LogP contribution in [0.3, 0.4) is 0 Å². The number of aromatic nitrogens is 1. The number of alkyl halides is 2. The lowest BCUT2D eigenvalue weighted by molar-refractivity contribution is -0.0526. The second kappa shape index (κ2) is 9.74. The molecule has 0 unspecified atom stereocenters. The van der Waals surface area contributed by atoms with Crippen molar-refractivity contribution in [1.82, 2.24) is 4.57 Å². The fraction of sp³-hybridized carbons (Fsp3) is 0.273. The maximum absolute atomic E-state index is 13.0. The van der Waals surface area contributed by atoms with Gasteiger partial charge in [0.15, 0.2) is 11.5 Å². The van der Waals surface area contributed by atoms with Crippen LogP contribution in [0, 0.1) is 25.2 Å². The number of carbonyl (C=O) groups excluding carboxylic acids is 1. The van der Waals surface area contributed by atoms with E-state index in [4.69, 9.17) is 9.47 Å². The van der Waals surface area contributed by atoms with Gasteiger partial charge in [0.05, 0.1) is 14.2 Å². The zero-order valence-corrected chi connectivity index (χ0v) is 17.2. The molecule has 2 aromatic rings. The van der Waals surface area contributed by atoms with Gasteiger partial charge in [0.25, 0.3) is 0 Å². The first-order valence-electron chi connectivity index (χ1n) is 8.92. The van der Waals surface area contributed by atoms with Crippen LogP contribution in [0.5, 0.6) is 17.2 Å². The molecule has 0 aliphatic heterocycles. The Bertz CT molecular complexity index is 1010. The third-order valence-corrected chi connectivity index (χ3v) is 4.50. The first kappa shape index (κ1) is 22.7. The SMILES string of the molecule is C=CCn1c(C)cc(C(=O)/C(C#N)=C/c2cc(OC)c(OC(F)F)c(OC)c2)c1C. The normalized spacial score (nSPS) is 11.2. The van der Waals surface area contributed by atoms with Gasteiger partial charge in [0.2, 0.25) is 11.5 Å². The minimum absolute atomic E-state index is 0.0187. The second-order valence-electron chi connectivity index (χ2n) is 6.32. The Morgan fingerprint density at radius 1 is 1.23 bits per heavy atom. The summed E-state index contributed by atoms with van der Waals surface area (Å²) >= 11 is 0. The molecule has 0 saturated heterocycles. The van der Waals surface area contributed by atoms with E-state index in [1.807, 2.05) is 17.6 Å². The van der Waals surface area contributed by atoms with E-state index in [-0.39, 0.29) is 22.8 Å². The first-order chi connectivity index (χ1) is 14.3. The Morgan fingerprint density at radius 2 is 1.83 bits per heavy atom. The van der Waals surface area contributed by atoms with Crippen molar-refractivity contribution in [1.29, 1.82) is 5.26 Å². The van der Waals surface area contributed by atoms with Crippen molar-refractivity contribution >= 4 is 11.9 Å². The molecule has 0 fully saturated rings. The van der Waals surface area contributed by atoms with Crippen LogP contribution in [0.4, 0.5) is 8.78 Å². The van der Waals surface area contributed by atoms with Crippen molar-refractivity contribution in [3.8, 4) is 23.3 Å². The zero-order valence-electron chi connectivity index (χ0n) is 17.2.